The molecular formula is C10H11NO. The standard InChI is InChI=1S/C10H11NO/c1-8(9(2)11-12)10-6-4-3-5-7-10/h3-7H,1-2H3/b9-8+. The van der Waals surface area contributed by atoms with Gasteiger partial charge in [-0.05, 0) is 30.2 Å². The molecule has 1 aromatic carbocycles. The van der Waals surface area contributed by atoms with Gasteiger partial charge in [0.25, 0.3) is 0 Å². The molecule has 1 aromatic rings. The average Bonchev–Trinajstić information content (AvgIpc) is 2.17. The van der Waals surface area contributed by atoms with Crippen LogP contribution in [0.1, 0.15) is 19.4 Å². The molecule has 0 aliphatic rings. The van der Waals surface area contributed by atoms with Gasteiger partial charge >= 0.3 is 0 Å². The van der Waals surface area contributed by atoms with Crippen molar-refractivity contribution in [2.45, 2.75) is 13.8 Å². The predicted octanol–water partition coefficient (Wildman–Crippen LogP) is 3.20. The van der Waals surface area contributed by atoms with E-state index >= 15 is 0 Å². The quantitative estimate of drug-likeness (QED) is 0.612. The highest BCUT2D eigenvalue weighted by Gasteiger charge is 1.98. The van der Waals surface area contributed by atoms with Crippen molar-refractivity contribution in [2.75, 3.05) is 0 Å². The second-order valence-electron chi connectivity index (χ2n) is 2.67. The molecule has 0 spiro atoms. The normalized spacial score (nSPS) is 12.2. The predicted molar refractivity (Wildman–Crippen MR) is 50.5 cm³/mol. The van der Waals surface area contributed by atoms with Gasteiger partial charge in [-0.1, -0.05) is 30.3 Å². The second kappa shape index (κ2) is 3.81. The third-order valence-corrected chi connectivity index (χ3v) is 1.89. The molecule has 0 amide bonds. The molecule has 12 heavy (non-hydrogen) atoms. The van der Waals surface area contributed by atoms with Gasteiger partial charge in [-0.15, -0.1) is 4.91 Å². The molecule has 0 aliphatic heterocycles. The van der Waals surface area contributed by atoms with E-state index in [0.717, 1.165) is 11.1 Å². The van der Waals surface area contributed by atoms with Crippen molar-refractivity contribution in [3.63, 3.8) is 0 Å². The van der Waals surface area contributed by atoms with Crippen molar-refractivity contribution in [2.24, 2.45) is 5.18 Å². The summed E-state index contributed by atoms with van der Waals surface area (Å²) in [5, 5.41) is 2.89. The SMILES string of the molecule is C/C(N=O)=C(/C)c1ccccc1. The Morgan fingerprint density at radius 3 is 2.25 bits per heavy atom. The molecule has 0 radical (unpaired) electrons. The summed E-state index contributed by atoms with van der Waals surface area (Å²) in [6, 6.07) is 9.75. The Labute approximate surface area is 71.9 Å². The van der Waals surface area contributed by atoms with Crippen LogP contribution < -0.4 is 0 Å². The molecule has 2 nitrogen and oxygen atoms in total. The van der Waals surface area contributed by atoms with E-state index in [1.807, 2.05) is 37.3 Å². The Morgan fingerprint density at radius 1 is 1.17 bits per heavy atom. The topological polar surface area (TPSA) is 29.4 Å². The molecule has 0 aliphatic carbocycles. The Hall–Kier alpha value is -1.44. The highest BCUT2D eigenvalue weighted by Crippen LogP contribution is 2.17. The van der Waals surface area contributed by atoms with Crippen molar-refractivity contribution < 1.29 is 0 Å². The molecule has 0 aromatic heterocycles. The molecule has 62 valence electrons. The fourth-order valence-corrected chi connectivity index (χ4v) is 0.966. The minimum absolute atomic E-state index is 0.543. The minimum atomic E-state index is 0.543. The van der Waals surface area contributed by atoms with Gasteiger partial charge in [0.05, 0.1) is 5.70 Å². The van der Waals surface area contributed by atoms with Crippen LogP contribution in [-0.2, 0) is 0 Å². The van der Waals surface area contributed by atoms with Gasteiger partial charge in [-0.3, -0.25) is 0 Å². The van der Waals surface area contributed by atoms with E-state index in [1.54, 1.807) is 6.92 Å². The van der Waals surface area contributed by atoms with Crippen molar-refractivity contribution in [1.29, 1.82) is 0 Å². The number of nitroso groups, excluding NO2 is 1. The first kappa shape index (κ1) is 8.65. The molecule has 0 bridgehead atoms. The van der Waals surface area contributed by atoms with Crippen molar-refractivity contribution >= 4 is 5.57 Å². The van der Waals surface area contributed by atoms with Gasteiger partial charge in [0.2, 0.25) is 0 Å². The highest BCUT2D eigenvalue weighted by molar-refractivity contribution is 5.65. The van der Waals surface area contributed by atoms with E-state index < -0.39 is 0 Å². The molecule has 2 heteroatoms. The number of rotatable bonds is 2. The van der Waals surface area contributed by atoms with Gasteiger partial charge in [0.1, 0.15) is 0 Å². The van der Waals surface area contributed by atoms with Crippen molar-refractivity contribution in [3.8, 4) is 0 Å². The summed E-state index contributed by atoms with van der Waals surface area (Å²) in [6.45, 7) is 3.61. The van der Waals surface area contributed by atoms with Crippen LogP contribution in [0.2, 0.25) is 0 Å². The Bertz CT molecular complexity index is 301. The first-order valence-corrected chi connectivity index (χ1v) is 3.82. The fraction of sp³-hybridized carbons (Fsp3) is 0.200. The Morgan fingerprint density at radius 2 is 1.75 bits per heavy atom. The molecule has 0 saturated heterocycles. The molecule has 1 rings (SSSR count). The van der Waals surface area contributed by atoms with Crippen LogP contribution in [0, 0.1) is 4.91 Å². The lowest BCUT2D eigenvalue weighted by Gasteiger charge is -2.00. The van der Waals surface area contributed by atoms with Gasteiger partial charge in [0, 0.05) is 0 Å². The van der Waals surface area contributed by atoms with Crippen LogP contribution in [0.15, 0.2) is 41.2 Å². The zero-order chi connectivity index (χ0) is 8.97. The monoisotopic (exact) mass is 161 g/mol. The number of nitrogens with zero attached hydrogens (tertiary/aromatic N) is 1. The van der Waals surface area contributed by atoms with E-state index in [1.165, 1.54) is 0 Å². The fourth-order valence-electron chi connectivity index (χ4n) is 0.966. The smallest absolute Gasteiger partial charge is 0.0853 e. The first-order chi connectivity index (χ1) is 5.75. The van der Waals surface area contributed by atoms with Gasteiger partial charge in [-0.25, -0.2) is 0 Å². The van der Waals surface area contributed by atoms with Crippen molar-refractivity contribution in [3.05, 3.63) is 46.5 Å². The van der Waals surface area contributed by atoms with Crippen LogP contribution in [0.3, 0.4) is 0 Å². The third kappa shape index (κ3) is 1.78. The van der Waals surface area contributed by atoms with Gasteiger partial charge in [-0.2, -0.15) is 0 Å². The summed E-state index contributed by atoms with van der Waals surface area (Å²) >= 11 is 0. The molecule has 0 N–H and O–H groups in total. The van der Waals surface area contributed by atoms with Gasteiger partial charge < -0.3 is 0 Å². The average molecular weight is 161 g/mol. The molecule has 0 fully saturated rings. The number of hydrogen-bond donors (Lipinski definition) is 0. The summed E-state index contributed by atoms with van der Waals surface area (Å²) in [7, 11) is 0. The number of allylic oxidation sites excluding steroid dienone is 2. The lowest BCUT2D eigenvalue weighted by molar-refractivity contribution is 1.28. The molecule has 0 atom stereocenters. The lowest BCUT2D eigenvalue weighted by Crippen LogP contribution is -1.80. The molecule has 0 saturated carbocycles. The third-order valence-electron chi connectivity index (χ3n) is 1.89. The van der Waals surface area contributed by atoms with E-state index in [0.29, 0.717) is 5.70 Å². The molecular weight excluding hydrogens is 150 g/mol. The van der Waals surface area contributed by atoms with Crippen LogP contribution in [0.25, 0.3) is 5.57 Å². The zero-order valence-electron chi connectivity index (χ0n) is 7.24. The summed E-state index contributed by atoms with van der Waals surface area (Å²) in [5.41, 5.74) is 2.53. The molecule has 0 unspecified atom stereocenters. The zero-order valence-corrected chi connectivity index (χ0v) is 7.24. The van der Waals surface area contributed by atoms with E-state index in [2.05, 4.69) is 5.18 Å². The Kier molecular flexibility index (Phi) is 2.75. The van der Waals surface area contributed by atoms with Crippen molar-refractivity contribution in [1.82, 2.24) is 0 Å². The highest BCUT2D eigenvalue weighted by atomic mass is 16.3. The summed E-state index contributed by atoms with van der Waals surface area (Å²) < 4.78 is 0. The molecule has 0 heterocycles. The number of hydrogen-bond acceptors (Lipinski definition) is 2. The maximum absolute atomic E-state index is 10.2. The van der Waals surface area contributed by atoms with Crippen LogP contribution in [0.5, 0.6) is 0 Å². The number of benzene rings is 1. The van der Waals surface area contributed by atoms with Crippen LogP contribution >= 0.6 is 0 Å². The van der Waals surface area contributed by atoms with E-state index in [-0.39, 0.29) is 0 Å². The minimum Gasteiger partial charge on any atom is -0.145 e. The van der Waals surface area contributed by atoms with E-state index in [4.69, 9.17) is 0 Å². The van der Waals surface area contributed by atoms with E-state index in [9.17, 15) is 4.91 Å². The van der Waals surface area contributed by atoms with Gasteiger partial charge in [0.15, 0.2) is 0 Å². The summed E-state index contributed by atoms with van der Waals surface area (Å²) in [6.07, 6.45) is 0. The second-order valence-corrected chi connectivity index (χ2v) is 2.67. The van der Waals surface area contributed by atoms with Crippen LogP contribution in [-0.4, -0.2) is 0 Å². The maximum Gasteiger partial charge on any atom is 0.0853 e. The largest absolute Gasteiger partial charge is 0.145 e. The van der Waals surface area contributed by atoms with Crippen LogP contribution in [0.4, 0.5) is 0 Å². The maximum atomic E-state index is 10.2. The summed E-state index contributed by atoms with van der Waals surface area (Å²) in [5.74, 6) is 0. The summed E-state index contributed by atoms with van der Waals surface area (Å²) in [4.78, 5) is 10.2. The lowest BCUT2D eigenvalue weighted by atomic mass is 10.1. The first-order valence-electron chi connectivity index (χ1n) is 3.82. The Balaban J connectivity index is 3.08.